The van der Waals surface area contributed by atoms with E-state index in [0.717, 1.165) is 0 Å². The minimum absolute atomic E-state index is 0.885. The highest BCUT2D eigenvalue weighted by molar-refractivity contribution is 5.93. The van der Waals surface area contributed by atoms with Gasteiger partial charge in [0.25, 0.3) is 0 Å². The van der Waals surface area contributed by atoms with Gasteiger partial charge in [-0.2, -0.15) is 0 Å². The van der Waals surface area contributed by atoms with Crippen molar-refractivity contribution in [3.63, 3.8) is 0 Å². The lowest BCUT2D eigenvalue weighted by molar-refractivity contribution is -0.370. The van der Waals surface area contributed by atoms with Gasteiger partial charge in [0.15, 0.2) is 30.6 Å². The topological polar surface area (TPSA) is 297 Å². The van der Waals surface area contributed by atoms with Gasteiger partial charge in [-0.1, -0.05) is 0 Å². The van der Waals surface area contributed by atoms with Crippen LogP contribution in [0.3, 0.4) is 0 Å². The maximum absolute atomic E-state index is 13.2. The Balaban J connectivity index is 1.91. The summed E-state index contributed by atoms with van der Waals surface area (Å²) in [6.07, 6.45) is -28.9. The van der Waals surface area contributed by atoms with E-state index in [0.29, 0.717) is 0 Å². The van der Waals surface area contributed by atoms with Gasteiger partial charge in [0.05, 0.1) is 13.2 Å². The molecule has 3 heterocycles. The molecule has 35 heavy (non-hydrogen) atoms. The molecule has 3 fully saturated rings. The zero-order valence-electron chi connectivity index (χ0n) is 17.9. The summed E-state index contributed by atoms with van der Waals surface area (Å²) >= 11 is 0. The third-order valence-electron chi connectivity index (χ3n) is 6.39. The Hall–Kier alpha value is -0.970. The molecule has 0 bridgehead atoms. The maximum Gasteiger partial charge on any atom is 0.201 e. The van der Waals surface area contributed by atoms with E-state index in [1.165, 1.54) is 0 Å². The summed E-state index contributed by atoms with van der Waals surface area (Å²) in [7, 11) is 0. The smallest absolute Gasteiger partial charge is 0.201 e. The van der Waals surface area contributed by atoms with Crippen molar-refractivity contribution in [1.29, 1.82) is 0 Å². The molecule has 0 aromatic rings. The lowest BCUT2D eigenvalue weighted by Gasteiger charge is -2.50. The highest BCUT2D eigenvalue weighted by Gasteiger charge is 2.63. The molecule has 0 spiro atoms. The summed E-state index contributed by atoms with van der Waals surface area (Å²) in [4.78, 5) is 13.2. The van der Waals surface area contributed by atoms with Gasteiger partial charge in [0.1, 0.15) is 61.0 Å². The van der Waals surface area contributed by atoms with E-state index in [1.54, 1.807) is 0 Å². The fraction of sp³-hybridized carbons (Fsp3) is 0.944. The lowest BCUT2D eigenvalue weighted by atomic mass is 9.79. The first-order chi connectivity index (χ1) is 16.3. The van der Waals surface area contributed by atoms with Crippen molar-refractivity contribution < 1.29 is 85.0 Å². The Morgan fingerprint density at radius 3 is 1.86 bits per heavy atom. The molecule has 0 aromatic heterocycles. The van der Waals surface area contributed by atoms with Crippen LogP contribution in [0.25, 0.3) is 0 Å². The summed E-state index contributed by atoms with van der Waals surface area (Å²) in [6, 6.07) is 0. The number of rotatable bonds is 6. The second kappa shape index (κ2) is 10.8. The van der Waals surface area contributed by atoms with Crippen molar-refractivity contribution in [3.05, 3.63) is 0 Å². The van der Waals surface area contributed by atoms with Crippen LogP contribution in [0.5, 0.6) is 0 Å². The van der Waals surface area contributed by atoms with Crippen molar-refractivity contribution in [2.75, 3.05) is 13.2 Å². The van der Waals surface area contributed by atoms with Crippen LogP contribution in [0.2, 0.25) is 0 Å². The molecule has 17 heteroatoms. The number of Topliss-reactive ketones (excluding diaryl/α,β-unsaturated/α-hetero) is 1. The SMILES string of the molecule is O=C(C1OC(O)C(O)C(O)C1O)[C@]1(CO)O[C@H](O[C@H]2[C@H](O)[C@@H](O)[C@H](O)O[C@@H]2CO)[C@H](O)[C@@H](O)[C@H]1O. The molecule has 3 rings (SSSR count). The zero-order chi connectivity index (χ0) is 26.4. The second-order valence-corrected chi connectivity index (χ2v) is 8.57. The molecule has 0 aliphatic carbocycles. The van der Waals surface area contributed by atoms with Crippen LogP contribution in [0.4, 0.5) is 0 Å². The minimum Gasteiger partial charge on any atom is -0.394 e. The molecule has 3 saturated heterocycles. The molecule has 0 radical (unpaired) electrons. The quantitative estimate of drug-likeness (QED) is 0.155. The Morgan fingerprint density at radius 2 is 1.29 bits per heavy atom. The normalized spacial score (nSPS) is 53.4. The van der Waals surface area contributed by atoms with Gasteiger partial charge in [0.2, 0.25) is 5.78 Å². The molecule has 3 aliphatic rings. The molecule has 15 atom stereocenters. The number of hydrogen-bond donors (Lipinski definition) is 12. The van der Waals surface area contributed by atoms with Crippen LogP contribution in [0.1, 0.15) is 0 Å². The van der Waals surface area contributed by atoms with E-state index < -0.39 is 111 Å². The Labute approximate surface area is 196 Å². The van der Waals surface area contributed by atoms with E-state index in [4.69, 9.17) is 18.9 Å². The van der Waals surface area contributed by atoms with Crippen LogP contribution >= 0.6 is 0 Å². The first-order valence-corrected chi connectivity index (χ1v) is 10.5. The molecule has 5 unspecified atom stereocenters. The molecule has 3 aliphatic heterocycles. The van der Waals surface area contributed by atoms with Gasteiger partial charge in [0, 0.05) is 0 Å². The lowest BCUT2D eigenvalue weighted by Crippen LogP contribution is -2.74. The number of ether oxygens (including phenoxy) is 4. The number of hydrogen-bond acceptors (Lipinski definition) is 17. The number of aliphatic hydroxyl groups is 12. The fourth-order valence-corrected chi connectivity index (χ4v) is 4.20. The molecule has 17 nitrogen and oxygen atoms in total. The average molecular weight is 518 g/mol. The average Bonchev–Trinajstić information content (AvgIpc) is 2.84. The fourth-order valence-electron chi connectivity index (χ4n) is 4.20. The molecule has 0 amide bonds. The van der Waals surface area contributed by atoms with Crippen LogP contribution < -0.4 is 0 Å². The molecular weight excluding hydrogens is 488 g/mol. The van der Waals surface area contributed by atoms with Crippen molar-refractivity contribution in [2.24, 2.45) is 0 Å². The highest BCUT2D eigenvalue weighted by Crippen LogP contribution is 2.36. The van der Waals surface area contributed by atoms with Gasteiger partial charge >= 0.3 is 0 Å². The van der Waals surface area contributed by atoms with Crippen LogP contribution in [-0.2, 0) is 23.7 Å². The van der Waals surface area contributed by atoms with Gasteiger partial charge in [-0.25, -0.2) is 0 Å². The van der Waals surface area contributed by atoms with Crippen LogP contribution in [-0.4, -0.2) is 172 Å². The van der Waals surface area contributed by atoms with Crippen molar-refractivity contribution in [3.8, 4) is 0 Å². The van der Waals surface area contributed by atoms with E-state index >= 15 is 0 Å². The summed E-state index contributed by atoms with van der Waals surface area (Å²) < 4.78 is 20.3. The van der Waals surface area contributed by atoms with Crippen molar-refractivity contribution >= 4 is 5.78 Å². The standard InChI is InChI=1S/C18H30O17/c19-1-3-11(6(23)9(26)15(30)32-3)34-17-10(27)7(24)13(28)18(2-20,35-17)14(29)12-5(22)4(21)8(25)16(31)33-12/h3-13,15-17,19-28,30-31H,1-2H2/t3-,4?,5?,6-,7-,8?,9-,10-,11-,12?,13-,15-,16?,17+,18-/m1/s1. The van der Waals surface area contributed by atoms with E-state index in [-0.39, 0.29) is 0 Å². The van der Waals surface area contributed by atoms with E-state index in [9.17, 15) is 66.1 Å². The number of carbonyl (C=O) groups excluding carboxylic acids is 1. The Kier molecular flexibility index (Phi) is 8.82. The minimum atomic E-state index is -2.93. The number of ketones is 1. The van der Waals surface area contributed by atoms with Gasteiger partial charge in [-0.15, -0.1) is 0 Å². The first kappa shape index (κ1) is 28.6. The number of aliphatic hydroxyl groups excluding tert-OH is 12. The third-order valence-corrected chi connectivity index (χ3v) is 6.39. The van der Waals surface area contributed by atoms with Crippen LogP contribution in [0.15, 0.2) is 0 Å². The van der Waals surface area contributed by atoms with E-state index in [1.807, 2.05) is 0 Å². The van der Waals surface area contributed by atoms with Crippen molar-refractivity contribution in [2.45, 2.75) is 91.6 Å². The molecule has 0 aromatic carbocycles. The molecule has 204 valence electrons. The van der Waals surface area contributed by atoms with E-state index in [2.05, 4.69) is 0 Å². The first-order valence-electron chi connectivity index (χ1n) is 10.5. The summed E-state index contributed by atoms with van der Waals surface area (Å²) in [5.74, 6) is -1.54. The molecular formula is C18H30O17. The second-order valence-electron chi connectivity index (χ2n) is 8.57. The predicted molar refractivity (Wildman–Crippen MR) is 101 cm³/mol. The van der Waals surface area contributed by atoms with Gasteiger partial charge < -0.3 is 80.2 Å². The predicted octanol–water partition coefficient (Wildman–Crippen LogP) is -8.66. The van der Waals surface area contributed by atoms with Gasteiger partial charge in [-0.3, -0.25) is 4.79 Å². The van der Waals surface area contributed by atoms with Gasteiger partial charge in [-0.05, 0) is 0 Å². The number of carbonyl (C=O) groups is 1. The summed E-state index contributed by atoms with van der Waals surface area (Å²) in [6.45, 7) is -2.32. The van der Waals surface area contributed by atoms with Crippen LogP contribution in [0, 0.1) is 0 Å². The zero-order valence-corrected chi connectivity index (χ0v) is 17.9. The monoisotopic (exact) mass is 518 g/mol. The maximum atomic E-state index is 13.2. The van der Waals surface area contributed by atoms with Crippen molar-refractivity contribution in [1.82, 2.24) is 0 Å². The Bertz CT molecular complexity index is 738. The Morgan fingerprint density at radius 1 is 0.714 bits per heavy atom. The molecule has 12 N–H and O–H groups in total. The molecule has 0 saturated carbocycles. The third kappa shape index (κ3) is 4.84. The summed E-state index contributed by atoms with van der Waals surface area (Å²) in [5.41, 5.74) is -2.93. The summed E-state index contributed by atoms with van der Waals surface area (Å²) in [5, 5.41) is 120. The largest absolute Gasteiger partial charge is 0.394 e. The highest BCUT2D eigenvalue weighted by atomic mass is 16.7.